The van der Waals surface area contributed by atoms with E-state index in [1.54, 1.807) is 0 Å². The van der Waals surface area contributed by atoms with Crippen molar-refractivity contribution in [2.75, 3.05) is 26.7 Å². The Hall–Kier alpha value is -1.35. The van der Waals surface area contributed by atoms with E-state index in [0.717, 1.165) is 32.5 Å². The molecule has 2 atom stereocenters. The fraction of sp³-hybridized carbons (Fsp3) is 0.611. The maximum atomic E-state index is 12.4. The molecule has 0 aromatic heterocycles. The van der Waals surface area contributed by atoms with E-state index in [-0.39, 0.29) is 0 Å². The lowest BCUT2D eigenvalue weighted by Crippen LogP contribution is -2.31. The van der Waals surface area contributed by atoms with E-state index in [2.05, 4.69) is 43.4 Å². The summed E-state index contributed by atoms with van der Waals surface area (Å²) in [4.78, 5) is 14.4. The van der Waals surface area contributed by atoms with Crippen LogP contribution in [-0.2, 0) is 11.2 Å². The molecule has 1 amide bonds. The Morgan fingerprint density at radius 3 is 2.71 bits per heavy atom. The van der Waals surface area contributed by atoms with Gasteiger partial charge in [0, 0.05) is 19.5 Å². The van der Waals surface area contributed by atoms with Crippen LogP contribution in [0.2, 0.25) is 0 Å². The van der Waals surface area contributed by atoms with Crippen molar-refractivity contribution in [3.8, 4) is 0 Å². The lowest BCUT2D eigenvalue weighted by Gasteiger charge is -2.19. The summed E-state index contributed by atoms with van der Waals surface area (Å²) in [5.74, 6) is 1.23. The number of hydrogen-bond donors (Lipinski definition) is 1. The molecule has 1 saturated heterocycles. The number of carbonyl (C=O) groups is 1. The number of amides is 1. The van der Waals surface area contributed by atoms with Gasteiger partial charge in [-0.25, -0.2) is 0 Å². The van der Waals surface area contributed by atoms with Crippen LogP contribution < -0.4 is 5.32 Å². The highest BCUT2D eigenvalue weighted by molar-refractivity contribution is 5.77. The fourth-order valence-electron chi connectivity index (χ4n) is 3.11. The first-order chi connectivity index (χ1) is 10.1. The highest BCUT2D eigenvalue weighted by atomic mass is 16.2. The number of carbonyl (C=O) groups excluding carboxylic acids is 1. The maximum absolute atomic E-state index is 12.4. The molecule has 1 aliphatic heterocycles. The molecule has 0 bridgehead atoms. The summed E-state index contributed by atoms with van der Waals surface area (Å²) in [5, 5.41) is 3.21. The molecule has 0 spiro atoms. The lowest BCUT2D eigenvalue weighted by atomic mass is 9.96. The van der Waals surface area contributed by atoms with Crippen molar-refractivity contribution in [3.05, 3.63) is 35.4 Å². The Morgan fingerprint density at radius 1 is 1.38 bits per heavy atom. The summed E-state index contributed by atoms with van der Waals surface area (Å²) >= 11 is 0. The van der Waals surface area contributed by atoms with Gasteiger partial charge in [-0.3, -0.25) is 4.79 Å². The zero-order chi connectivity index (χ0) is 15.2. The minimum absolute atomic E-state index is 0.298. The first-order valence-electron chi connectivity index (χ1n) is 8.15. The van der Waals surface area contributed by atoms with Gasteiger partial charge in [-0.15, -0.1) is 0 Å². The summed E-state index contributed by atoms with van der Waals surface area (Å²) in [6.07, 6.45) is 2.82. The van der Waals surface area contributed by atoms with Crippen molar-refractivity contribution < 1.29 is 4.79 Å². The molecule has 116 valence electrons. The molecule has 21 heavy (non-hydrogen) atoms. The molecule has 3 nitrogen and oxygen atoms in total. The normalized spacial score (nSPS) is 19.8. The lowest BCUT2D eigenvalue weighted by molar-refractivity contribution is -0.130. The van der Waals surface area contributed by atoms with Gasteiger partial charge in [0.05, 0.1) is 0 Å². The van der Waals surface area contributed by atoms with Crippen LogP contribution >= 0.6 is 0 Å². The summed E-state index contributed by atoms with van der Waals surface area (Å²) in [7, 11) is 1.98. The monoisotopic (exact) mass is 288 g/mol. The number of benzene rings is 1. The number of likely N-dealkylation sites (tertiary alicyclic amines) is 1. The van der Waals surface area contributed by atoms with Crippen LogP contribution in [0.5, 0.6) is 0 Å². The van der Waals surface area contributed by atoms with Crippen molar-refractivity contribution >= 4 is 5.91 Å². The van der Waals surface area contributed by atoms with Gasteiger partial charge in [0.15, 0.2) is 0 Å². The number of nitrogens with zero attached hydrogens (tertiary/aromatic N) is 1. The first-order valence-corrected chi connectivity index (χ1v) is 8.15. The number of aryl methyl sites for hydroxylation is 1. The van der Waals surface area contributed by atoms with Crippen molar-refractivity contribution in [2.45, 2.75) is 39.0 Å². The summed E-state index contributed by atoms with van der Waals surface area (Å²) in [5.41, 5.74) is 2.62. The molecule has 0 radical (unpaired) electrons. The molecule has 1 aromatic rings. The average Bonchev–Trinajstić information content (AvgIpc) is 2.96. The van der Waals surface area contributed by atoms with Crippen LogP contribution in [0.3, 0.4) is 0 Å². The number of rotatable bonds is 6. The van der Waals surface area contributed by atoms with Gasteiger partial charge in [0.1, 0.15) is 0 Å². The average molecular weight is 288 g/mol. The fourth-order valence-corrected chi connectivity index (χ4v) is 3.11. The van der Waals surface area contributed by atoms with Crippen LogP contribution in [0.1, 0.15) is 43.7 Å². The summed E-state index contributed by atoms with van der Waals surface area (Å²) in [6.45, 7) is 7.17. The van der Waals surface area contributed by atoms with E-state index < -0.39 is 0 Å². The summed E-state index contributed by atoms with van der Waals surface area (Å²) < 4.78 is 0. The predicted octanol–water partition coefficient (Wildman–Crippen LogP) is 2.81. The highest BCUT2D eigenvalue weighted by Gasteiger charge is 2.26. The van der Waals surface area contributed by atoms with Crippen LogP contribution in [0, 0.1) is 5.92 Å². The molecule has 1 aromatic carbocycles. The van der Waals surface area contributed by atoms with E-state index >= 15 is 0 Å². The van der Waals surface area contributed by atoms with Crippen molar-refractivity contribution in [1.29, 1.82) is 0 Å². The largest absolute Gasteiger partial charge is 0.342 e. The second-order valence-corrected chi connectivity index (χ2v) is 6.25. The molecule has 1 heterocycles. The third kappa shape index (κ3) is 4.31. The SMILES string of the molecule is CCc1ccc(C(C)CC(=O)N2CCC(CNC)C2)cc1. The predicted molar refractivity (Wildman–Crippen MR) is 87.5 cm³/mol. The standard InChI is InChI=1S/C18H28N2O/c1-4-15-5-7-17(8-6-15)14(2)11-18(21)20-10-9-16(13-20)12-19-3/h5-8,14,16,19H,4,9-13H2,1-3H3. The van der Waals surface area contributed by atoms with Crippen LogP contribution in [0.25, 0.3) is 0 Å². The van der Waals surface area contributed by atoms with E-state index in [1.165, 1.54) is 11.1 Å². The maximum Gasteiger partial charge on any atom is 0.223 e. The van der Waals surface area contributed by atoms with E-state index in [9.17, 15) is 4.79 Å². The van der Waals surface area contributed by atoms with Gasteiger partial charge in [0.25, 0.3) is 0 Å². The van der Waals surface area contributed by atoms with Crippen LogP contribution in [0.4, 0.5) is 0 Å². The third-order valence-corrected chi connectivity index (χ3v) is 4.57. The molecular weight excluding hydrogens is 260 g/mol. The first kappa shape index (κ1) is 16.0. The van der Waals surface area contributed by atoms with Gasteiger partial charge in [-0.2, -0.15) is 0 Å². The second kappa shape index (κ2) is 7.60. The van der Waals surface area contributed by atoms with Gasteiger partial charge in [0.2, 0.25) is 5.91 Å². The number of hydrogen-bond acceptors (Lipinski definition) is 2. The Bertz CT molecular complexity index is 455. The van der Waals surface area contributed by atoms with Crippen molar-refractivity contribution in [2.24, 2.45) is 5.92 Å². The molecule has 1 fully saturated rings. The molecule has 0 aliphatic carbocycles. The topological polar surface area (TPSA) is 32.3 Å². The molecule has 2 unspecified atom stereocenters. The Kier molecular flexibility index (Phi) is 5.80. The van der Waals surface area contributed by atoms with E-state index in [4.69, 9.17) is 0 Å². The van der Waals surface area contributed by atoms with Gasteiger partial charge < -0.3 is 10.2 Å². The highest BCUT2D eigenvalue weighted by Crippen LogP contribution is 2.23. The smallest absolute Gasteiger partial charge is 0.223 e. The molecule has 1 N–H and O–H groups in total. The molecule has 1 aliphatic rings. The Balaban J connectivity index is 1.87. The molecule has 0 saturated carbocycles. The zero-order valence-corrected chi connectivity index (χ0v) is 13.6. The van der Waals surface area contributed by atoms with E-state index in [0.29, 0.717) is 24.2 Å². The zero-order valence-electron chi connectivity index (χ0n) is 13.6. The Morgan fingerprint density at radius 2 is 2.10 bits per heavy atom. The van der Waals surface area contributed by atoms with Crippen LogP contribution in [-0.4, -0.2) is 37.5 Å². The van der Waals surface area contributed by atoms with Crippen molar-refractivity contribution in [1.82, 2.24) is 10.2 Å². The number of nitrogens with one attached hydrogen (secondary N) is 1. The van der Waals surface area contributed by atoms with Crippen LogP contribution in [0.15, 0.2) is 24.3 Å². The van der Waals surface area contributed by atoms with Gasteiger partial charge in [-0.05, 0) is 49.4 Å². The second-order valence-electron chi connectivity index (χ2n) is 6.25. The van der Waals surface area contributed by atoms with Crippen molar-refractivity contribution in [3.63, 3.8) is 0 Å². The minimum Gasteiger partial charge on any atom is -0.342 e. The molecular formula is C18H28N2O. The van der Waals surface area contributed by atoms with Gasteiger partial charge >= 0.3 is 0 Å². The molecule has 2 rings (SSSR count). The Labute approximate surface area is 128 Å². The minimum atomic E-state index is 0.298. The quantitative estimate of drug-likeness (QED) is 0.873. The van der Waals surface area contributed by atoms with E-state index in [1.807, 2.05) is 11.9 Å². The van der Waals surface area contributed by atoms with Gasteiger partial charge in [-0.1, -0.05) is 38.1 Å². The molecule has 3 heteroatoms. The summed E-state index contributed by atoms with van der Waals surface area (Å²) in [6, 6.07) is 8.69. The third-order valence-electron chi connectivity index (χ3n) is 4.57.